The average Bonchev–Trinajstić information content (AvgIpc) is 3.19. The number of rotatable bonds is 4. The summed E-state index contributed by atoms with van der Waals surface area (Å²) >= 11 is 0. The molecule has 4 heteroatoms. The molecule has 1 aromatic rings. The molecular weight excluding hydrogens is 240 g/mol. The van der Waals surface area contributed by atoms with Crippen LogP contribution in [0.3, 0.4) is 0 Å². The zero-order chi connectivity index (χ0) is 13.5. The Bertz CT molecular complexity index is 499. The molecule has 0 spiro atoms. The second-order valence-electron chi connectivity index (χ2n) is 6.03. The Morgan fingerprint density at radius 3 is 3.00 bits per heavy atom. The van der Waals surface area contributed by atoms with Gasteiger partial charge in [-0.1, -0.05) is 13.0 Å². The number of hydrogen-bond donors (Lipinski definition) is 0. The first-order chi connectivity index (χ1) is 9.12. The van der Waals surface area contributed by atoms with Crippen molar-refractivity contribution in [1.82, 2.24) is 9.88 Å². The summed E-state index contributed by atoms with van der Waals surface area (Å²) < 4.78 is 5.25. The highest BCUT2D eigenvalue weighted by atomic mass is 16.5. The van der Waals surface area contributed by atoms with Crippen molar-refractivity contribution in [3.63, 3.8) is 0 Å². The third-order valence-electron chi connectivity index (χ3n) is 4.43. The number of ether oxygens (including phenoxy) is 1. The van der Waals surface area contributed by atoms with Crippen molar-refractivity contribution in [1.29, 1.82) is 0 Å². The van der Waals surface area contributed by atoms with Crippen molar-refractivity contribution in [3.05, 3.63) is 23.9 Å². The summed E-state index contributed by atoms with van der Waals surface area (Å²) in [6, 6.07) is 3.87. The Morgan fingerprint density at radius 2 is 2.32 bits per heavy atom. The zero-order valence-corrected chi connectivity index (χ0v) is 11.6. The summed E-state index contributed by atoms with van der Waals surface area (Å²) in [4.78, 5) is 18.3. The molecule has 0 bridgehead atoms. The highest BCUT2D eigenvalue weighted by molar-refractivity contribution is 5.79. The van der Waals surface area contributed by atoms with E-state index >= 15 is 0 Å². The van der Waals surface area contributed by atoms with E-state index in [0.29, 0.717) is 18.8 Å². The smallest absolute Gasteiger partial charge is 0.223 e. The molecule has 0 unspecified atom stereocenters. The van der Waals surface area contributed by atoms with Gasteiger partial charge in [0.2, 0.25) is 11.8 Å². The molecule has 1 atom stereocenters. The van der Waals surface area contributed by atoms with Gasteiger partial charge in [-0.3, -0.25) is 4.79 Å². The molecule has 2 aliphatic rings. The van der Waals surface area contributed by atoms with Crippen molar-refractivity contribution in [2.75, 3.05) is 13.7 Å². The molecule has 0 aromatic carbocycles. The van der Waals surface area contributed by atoms with Gasteiger partial charge in [0.05, 0.1) is 13.7 Å². The molecule has 102 valence electrons. The van der Waals surface area contributed by atoms with Gasteiger partial charge in [-0.2, -0.15) is 0 Å². The van der Waals surface area contributed by atoms with E-state index in [4.69, 9.17) is 4.74 Å². The van der Waals surface area contributed by atoms with Crippen LogP contribution < -0.4 is 4.74 Å². The summed E-state index contributed by atoms with van der Waals surface area (Å²) in [5.74, 6) is 1.63. The number of aromatic nitrogens is 1. The van der Waals surface area contributed by atoms with Crippen LogP contribution in [0.2, 0.25) is 0 Å². The molecule has 0 radical (unpaired) electrons. The number of carbonyl (C=O) groups excluding carboxylic acids is 1. The van der Waals surface area contributed by atoms with Gasteiger partial charge < -0.3 is 9.64 Å². The SMILES string of the molecule is COc1ncccc1CN1C[C@](C)(C2CC2)CC1=O. The summed E-state index contributed by atoms with van der Waals surface area (Å²) in [7, 11) is 1.62. The number of pyridine rings is 1. The fraction of sp³-hybridized carbons (Fsp3) is 0.600. The Balaban J connectivity index is 1.75. The van der Waals surface area contributed by atoms with Gasteiger partial charge in [0.15, 0.2) is 0 Å². The molecule has 1 aliphatic heterocycles. The Labute approximate surface area is 113 Å². The molecule has 1 aromatic heterocycles. The minimum atomic E-state index is 0.187. The van der Waals surface area contributed by atoms with Crippen LogP contribution in [0, 0.1) is 11.3 Å². The van der Waals surface area contributed by atoms with E-state index in [0.717, 1.165) is 18.0 Å². The van der Waals surface area contributed by atoms with Crippen molar-refractivity contribution in [2.24, 2.45) is 11.3 Å². The Morgan fingerprint density at radius 1 is 1.53 bits per heavy atom. The number of amides is 1. The number of methoxy groups -OCH3 is 1. The molecule has 1 aliphatic carbocycles. The fourth-order valence-corrected chi connectivity index (χ4v) is 3.17. The van der Waals surface area contributed by atoms with E-state index in [1.165, 1.54) is 12.8 Å². The topological polar surface area (TPSA) is 42.4 Å². The van der Waals surface area contributed by atoms with Gasteiger partial charge in [-0.15, -0.1) is 0 Å². The Hall–Kier alpha value is -1.58. The van der Waals surface area contributed by atoms with E-state index in [2.05, 4.69) is 11.9 Å². The van der Waals surface area contributed by atoms with Gasteiger partial charge in [0.1, 0.15) is 0 Å². The lowest BCUT2D eigenvalue weighted by Crippen LogP contribution is -2.28. The summed E-state index contributed by atoms with van der Waals surface area (Å²) in [5, 5.41) is 0. The summed E-state index contributed by atoms with van der Waals surface area (Å²) in [6.45, 7) is 3.73. The summed E-state index contributed by atoms with van der Waals surface area (Å²) in [5.41, 5.74) is 1.17. The van der Waals surface area contributed by atoms with Gasteiger partial charge >= 0.3 is 0 Å². The van der Waals surface area contributed by atoms with E-state index in [1.807, 2.05) is 17.0 Å². The minimum absolute atomic E-state index is 0.187. The lowest BCUT2D eigenvalue weighted by Gasteiger charge is -2.24. The predicted octanol–water partition coefficient (Wildman–Crippen LogP) is 2.24. The van der Waals surface area contributed by atoms with E-state index < -0.39 is 0 Å². The lowest BCUT2D eigenvalue weighted by atomic mass is 9.84. The predicted molar refractivity (Wildman–Crippen MR) is 71.7 cm³/mol. The zero-order valence-electron chi connectivity index (χ0n) is 11.6. The normalized spacial score (nSPS) is 26.8. The van der Waals surface area contributed by atoms with Gasteiger partial charge in [0.25, 0.3) is 0 Å². The highest BCUT2D eigenvalue weighted by Crippen LogP contribution is 2.51. The quantitative estimate of drug-likeness (QED) is 0.833. The van der Waals surface area contributed by atoms with E-state index in [9.17, 15) is 4.79 Å². The lowest BCUT2D eigenvalue weighted by molar-refractivity contribution is -0.128. The first-order valence-electron chi connectivity index (χ1n) is 6.88. The third-order valence-corrected chi connectivity index (χ3v) is 4.43. The largest absolute Gasteiger partial charge is 0.481 e. The average molecular weight is 260 g/mol. The fourth-order valence-electron chi connectivity index (χ4n) is 3.17. The molecule has 4 nitrogen and oxygen atoms in total. The number of nitrogens with zero attached hydrogens (tertiary/aromatic N) is 2. The monoisotopic (exact) mass is 260 g/mol. The van der Waals surface area contributed by atoms with Gasteiger partial charge in [-0.05, 0) is 30.2 Å². The van der Waals surface area contributed by atoms with Crippen LogP contribution in [-0.4, -0.2) is 29.4 Å². The van der Waals surface area contributed by atoms with E-state index in [-0.39, 0.29) is 11.3 Å². The third kappa shape index (κ3) is 2.31. The molecule has 1 amide bonds. The molecular formula is C15H20N2O2. The van der Waals surface area contributed by atoms with Crippen molar-refractivity contribution >= 4 is 5.91 Å². The number of hydrogen-bond acceptors (Lipinski definition) is 3. The van der Waals surface area contributed by atoms with Gasteiger partial charge in [0, 0.05) is 24.7 Å². The van der Waals surface area contributed by atoms with Crippen molar-refractivity contribution in [3.8, 4) is 5.88 Å². The van der Waals surface area contributed by atoms with Crippen LogP contribution in [0.5, 0.6) is 5.88 Å². The maximum absolute atomic E-state index is 12.2. The highest BCUT2D eigenvalue weighted by Gasteiger charge is 2.49. The molecule has 1 saturated carbocycles. The van der Waals surface area contributed by atoms with Crippen molar-refractivity contribution < 1.29 is 9.53 Å². The van der Waals surface area contributed by atoms with Crippen molar-refractivity contribution in [2.45, 2.75) is 32.7 Å². The van der Waals surface area contributed by atoms with Gasteiger partial charge in [-0.25, -0.2) is 4.98 Å². The molecule has 2 heterocycles. The van der Waals surface area contributed by atoms with Crippen LogP contribution in [0.25, 0.3) is 0 Å². The maximum Gasteiger partial charge on any atom is 0.223 e. The molecule has 1 saturated heterocycles. The Kier molecular flexibility index (Phi) is 2.96. The van der Waals surface area contributed by atoms with Crippen LogP contribution in [0.15, 0.2) is 18.3 Å². The second-order valence-corrected chi connectivity index (χ2v) is 6.03. The van der Waals surface area contributed by atoms with E-state index in [1.54, 1.807) is 13.3 Å². The van der Waals surface area contributed by atoms with Crippen LogP contribution in [0.1, 0.15) is 31.7 Å². The first kappa shape index (κ1) is 12.5. The second kappa shape index (κ2) is 4.51. The van der Waals surface area contributed by atoms with Crippen LogP contribution >= 0.6 is 0 Å². The number of carbonyl (C=O) groups is 1. The summed E-state index contributed by atoms with van der Waals surface area (Å²) in [6.07, 6.45) is 4.98. The molecule has 19 heavy (non-hydrogen) atoms. The van der Waals surface area contributed by atoms with Crippen LogP contribution in [-0.2, 0) is 11.3 Å². The first-order valence-corrected chi connectivity index (χ1v) is 6.88. The molecule has 3 rings (SSSR count). The number of likely N-dealkylation sites (tertiary alicyclic amines) is 1. The maximum atomic E-state index is 12.2. The minimum Gasteiger partial charge on any atom is -0.481 e. The standard InChI is InChI=1S/C15H20N2O2/c1-15(12-5-6-12)8-13(18)17(10-15)9-11-4-3-7-16-14(11)19-2/h3-4,7,12H,5-6,8-10H2,1-2H3/t15-/m1/s1. The molecule has 0 N–H and O–H groups in total. The van der Waals surface area contributed by atoms with Crippen LogP contribution in [0.4, 0.5) is 0 Å². The molecule has 2 fully saturated rings.